The average molecular weight is 367 g/mol. The number of carbonyl (C=O) groups excluding carboxylic acids is 1. The second kappa shape index (κ2) is 7.78. The van der Waals surface area contributed by atoms with Crippen molar-refractivity contribution in [2.45, 2.75) is 27.3 Å². The summed E-state index contributed by atoms with van der Waals surface area (Å²) in [5.41, 5.74) is 0.554. The van der Waals surface area contributed by atoms with Gasteiger partial charge in [0.2, 0.25) is 0 Å². The number of ether oxygens (including phenoxy) is 1. The summed E-state index contributed by atoms with van der Waals surface area (Å²) in [4.78, 5) is 11.7. The van der Waals surface area contributed by atoms with E-state index in [9.17, 15) is 4.79 Å². The van der Waals surface area contributed by atoms with E-state index < -0.39 is 0 Å². The van der Waals surface area contributed by atoms with Crippen molar-refractivity contribution < 1.29 is 42.4 Å². The van der Waals surface area contributed by atoms with Crippen LogP contribution in [0.15, 0.2) is 16.7 Å². The lowest BCUT2D eigenvalue weighted by atomic mass is 10.2. The topological polar surface area (TPSA) is 39.4 Å². The maximum Gasteiger partial charge on any atom is 0.341 e. The maximum absolute atomic E-state index is 11.7. The summed E-state index contributed by atoms with van der Waals surface area (Å²) in [7, 11) is 2.15. The highest BCUT2D eigenvalue weighted by Crippen LogP contribution is 2.18. The molecule has 1 aromatic heterocycles. The number of rotatable bonds is 6. The van der Waals surface area contributed by atoms with Gasteiger partial charge in [-0.3, -0.25) is 0 Å². The molecule has 5 heteroatoms. The summed E-state index contributed by atoms with van der Waals surface area (Å²) in [5.74, 6) is 0.421. The molecule has 104 valence electrons. The summed E-state index contributed by atoms with van der Waals surface area (Å²) in [6.07, 6.45) is 1.55. The van der Waals surface area contributed by atoms with E-state index >= 15 is 0 Å². The number of nitrogens with zero attached hydrogens (tertiary/aromatic N) is 1. The van der Waals surface area contributed by atoms with Crippen molar-refractivity contribution in [1.29, 1.82) is 0 Å². The smallest absolute Gasteiger partial charge is 0.341 e. The number of halogens is 1. The second-order valence-corrected chi connectivity index (χ2v) is 4.39. The van der Waals surface area contributed by atoms with E-state index in [1.165, 1.54) is 0 Å². The summed E-state index contributed by atoms with van der Waals surface area (Å²) in [5, 5.41) is 0. The molecule has 0 aliphatic heterocycles. The molecule has 1 rings (SSSR count). The molecule has 0 N–H and O–H groups in total. The molecule has 1 heterocycles. The summed E-state index contributed by atoms with van der Waals surface area (Å²) in [6.45, 7) is 9.17. The van der Waals surface area contributed by atoms with Crippen molar-refractivity contribution in [2.24, 2.45) is 0 Å². The Morgan fingerprint density at radius 1 is 1.33 bits per heavy atom. The largest absolute Gasteiger partial charge is 1.00 e. The lowest BCUT2D eigenvalue weighted by molar-refractivity contribution is -0.920. The van der Waals surface area contributed by atoms with Gasteiger partial charge >= 0.3 is 5.97 Å². The minimum atomic E-state index is -0.296. The van der Waals surface area contributed by atoms with E-state index in [0.717, 1.165) is 23.3 Å². The average Bonchev–Trinajstić information content (AvgIpc) is 2.77. The van der Waals surface area contributed by atoms with Crippen LogP contribution in [0.3, 0.4) is 0 Å². The Hall–Kier alpha value is -0.560. The molecule has 0 saturated carbocycles. The van der Waals surface area contributed by atoms with Crippen LogP contribution in [0.1, 0.15) is 36.9 Å². The number of hydrogen-bond donors (Lipinski definition) is 0. The van der Waals surface area contributed by atoms with Gasteiger partial charge in [0.25, 0.3) is 0 Å². The van der Waals surface area contributed by atoms with Gasteiger partial charge in [-0.15, -0.1) is 0 Å². The highest BCUT2D eigenvalue weighted by molar-refractivity contribution is 5.90. The minimum absolute atomic E-state index is 0. The van der Waals surface area contributed by atoms with Gasteiger partial charge < -0.3 is 37.6 Å². The lowest BCUT2D eigenvalue weighted by Gasteiger charge is -2.31. The second-order valence-electron chi connectivity index (χ2n) is 4.39. The fourth-order valence-corrected chi connectivity index (χ4v) is 1.65. The van der Waals surface area contributed by atoms with Gasteiger partial charge in [0.05, 0.1) is 33.0 Å². The quantitative estimate of drug-likeness (QED) is 0.385. The molecule has 0 radical (unpaired) electrons. The number of quaternary nitrogens is 1. The van der Waals surface area contributed by atoms with E-state index in [1.807, 2.05) is 0 Å². The van der Waals surface area contributed by atoms with E-state index in [-0.39, 0.29) is 29.9 Å². The van der Waals surface area contributed by atoms with E-state index in [4.69, 9.17) is 9.15 Å². The zero-order valence-corrected chi connectivity index (χ0v) is 13.7. The fourth-order valence-electron chi connectivity index (χ4n) is 1.65. The molecule has 0 aliphatic carbocycles. The van der Waals surface area contributed by atoms with Crippen molar-refractivity contribution in [3.8, 4) is 0 Å². The Kier molecular flexibility index (Phi) is 7.54. The standard InChI is InChI=1S/C13H22NO3.HI/c1-5-14(4,6-2)10-12-11(8-9-17-12)13(15)16-7-3;/h8-9H,5-7,10H2,1-4H3;1H/q+1;/p-1. The van der Waals surface area contributed by atoms with Gasteiger partial charge in [0.1, 0.15) is 12.1 Å². The molecule has 18 heavy (non-hydrogen) atoms. The van der Waals surface area contributed by atoms with Crippen LogP contribution in [0.2, 0.25) is 0 Å². The van der Waals surface area contributed by atoms with Gasteiger partial charge in [0, 0.05) is 0 Å². The molecule has 0 aromatic carbocycles. The third kappa shape index (κ3) is 4.28. The molecule has 0 unspecified atom stereocenters. The number of esters is 1. The monoisotopic (exact) mass is 367 g/mol. The Morgan fingerprint density at radius 2 is 1.94 bits per heavy atom. The first-order chi connectivity index (χ1) is 8.06. The van der Waals surface area contributed by atoms with Crippen LogP contribution in [0.25, 0.3) is 0 Å². The van der Waals surface area contributed by atoms with Crippen LogP contribution in [0.5, 0.6) is 0 Å². The van der Waals surface area contributed by atoms with Crippen molar-refractivity contribution >= 4 is 5.97 Å². The van der Waals surface area contributed by atoms with Crippen LogP contribution >= 0.6 is 0 Å². The maximum atomic E-state index is 11.7. The summed E-state index contributed by atoms with van der Waals surface area (Å²) >= 11 is 0. The fraction of sp³-hybridized carbons (Fsp3) is 0.615. The van der Waals surface area contributed by atoms with Crippen LogP contribution in [-0.2, 0) is 11.3 Å². The molecule has 0 aliphatic rings. The molecular formula is C13H22INO3. The Morgan fingerprint density at radius 3 is 2.44 bits per heavy atom. The molecule has 1 aromatic rings. The molecule has 0 fully saturated rings. The van der Waals surface area contributed by atoms with Crippen LogP contribution in [0.4, 0.5) is 0 Å². The Bertz CT molecular complexity index is 372. The number of furan rings is 1. The first-order valence-electron chi connectivity index (χ1n) is 6.13. The molecule has 4 nitrogen and oxygen atoms in total. The summed E-state index contributed by atoms with van der Waals surface area (Å²) in [6, 6.07) is 1.68. The van der Waals surface area contributed by atoms with Gasteiger partial charge in [-0.2, -0.15) is 0 Å². The zero-order valence-electron chi connectivity index (χ0n) is 11.5. The van der Waals surface area contributed by atoms with Crippen molar-refractivity contribution in [2.75, 3.05) is 26.7 Å². The van der Waals surface area contributed by atoms with E-state index in [0.29, 0.717) is 18.7 Å². The number of hydrogen-bond acceptors (Lipinski definition) is 3. The highest BCUT2D eigenvalue weighted by Gasteiger charge is 2.24. The third-order valence-electron chi connectivity index (χ3n) is 3.29. The van der Waals surface area contributed by atoms with Gasteiger partial charge in [0.15, 0.2) is 5.76 Å². The van der Waals surface area contributed by atoms with Crippen molar-refractivity contribution in [3.63, 3.8) is 0 Å². The Balaban J connectivity index is 0.00000289. The normalized spacial score (nSPS) is 10.9. The molecule has 0 saturated heterocycles. The van der Waals surface area contributed by atoms with E-state index in [2.05, 4.69) is 20.9 Å². The molecule has 0 spiro atoms. The van der Waals surface area contributed by atoms with Crippen molar-refractivity contribution in [1.82, 2.24) is 0 Å². The first kappa shape index (κ1) is 17.4. The first-order valence-corrected chi connectivity index (χ1v) is 6.13. The minimum Gasteiger partial charge on any atom is -1.00 e. The summed E-state index contributed by atoms with van der Waals surface area (Å²) < 4.78 is 11.3. The predicted molar refractivity (Wildman–Crippen MR) is 65.6 cm³/mol. The van der Waals surface area contributed by atoms with Crippen LogP contribution in [0, 0.1) is 0 Å². The third-order valence-corrected chi connectivity index (χ3v) is 3.29. The van der Waals surface area contributed by atoms with Gasteiger partial charge in [-0.1, -0.05) is 0 Å². The molecular weight excluding hydrogens is 345 g/mol. The van der Waals surface area contributed by atoms with E-state index in [1.54, 1.807) is 19.3 Å². The predicted octanol–water partition coefficient (Wildman–Crippen LogP) is -0.553. The molecule has 0 amide bonds. The zero-order chi connectivity index (χ0) is 12.9. The highest BCUT2D eigenvalue weighted by atomic mass is 127. The van der Waals surface area contributed by atoms with Gasteiger partial charge in [-0.05, 0) is 26.8 Å². The van der Waals surface area contributed by atoms with Crippen LogP contribution in [-0.4, -0.2) is 37.2 Å². The molecule has 0 atom stereocenters. The van der Waals surface area contributed by atoms with Gasteiger partial charge in [-0.25, -0.2) is 4.79 Å². The lowest BCUT2D eigenvalue weighted by Crippen LogP contribution is -3.00. The molecule has 0 bridgehead atoms. The SMILES string of the molecule is CCOC(=O)c1ccoc1C[N+](C)(CC)CC.[I-]. The Labute approximate surface area is 126 Å². The van der Waals surface area contributed by atoms with Crippen molar-refractivity contribution in [3.05, 3.63) is 23.7 Å². The van der Waals surface area contributed by atoms with Crippen LogP contribution < -0.4 is 24.0 Å². The number of carbonyl (C=O) groups is 1.